The molecule has 2 heteroatoms. The van der Waals surface area contributed by atoms with E-state index < -0.39 is 0 Å². The summed E-state index contributed by atoms with van der Waals surface area (Å²) in [6.45, 7) is 4.21. The van der Waals surface area contributed by atoms with Gasteiger partial charge in [-0.3, -0.25) is 0 Å². The summed E-state index contributed by atoms with van der Waals surface area (Å²) >= 11 is 3.69. The SMILES string of the molecule is BrCC1(CN2C[C@H]3CCCC[C@H]3C2)CC1. The lowest BCUT2D eigenvalue weighted by Gasteiger charge is -2.23. The summed E-state index contributed by atoms with van der Waals surface area (Å²) in [6.07, 6.45) is 8.95. The fourth-order valence-corrected chi connectivity index (χ4v) is 4.36. The molecule has 1 saturated heterocycles. The van der Waals surface area contributed by atoms with Crippen molar-refractivity contribution in [3.8, 4) is 0 Å². The molecule has 0 radical (unpaired) electrons. The second-order valence-electron chi connectivity index (χ2n) is 6.13. The van der Waals surface area contributed by atoms with Gasteiger partial charge >= 0.3 is 0 Å². The molecular weight excluding hydrogens is 250 g/mol. The van der Waals surface area contributed by atoms with Gasteiger partial charge in [0.25, 0.3) is 0 Å². The molecule has 0 amide bonds. The van der Waals surface area contributed by atoms with Crippen LogP contribution in [0, 0.1) is 17.3 Å². The zero-order valence-electron chi connectivity index (χ0n) is 9.55. The van der Waals surface area contributed by atoms with Crippen LogP contribution in [0.15, 0.2) is 0 Å². The first-order valence-electron chi connectivity index (χ1n) is 6.60. The number of alkyl halides is 1. The number of halogens is 1. The van der Waals surface area contributed by atoms with Crippen LogP contribution < -0.4 is 0 Å². The Morgan fingerprint density at radius 2 is 1.67 bits per heavy atom. The lowest BCUT2D eigenvalue weighted by atomic mass is 9.82. The van der Waals surface area contributed by atoms with Gasteiger partial charge in [0.1, 0.15) is 0 Å². The van der Waals surface area contributed by atoms with Crippen LogP contribution >= 0.6 is 15.9 Å². The molecule has 0 bridgehead atoms. The predicted octanol–water partition coefficient (Wildman–Crippen LogP) is 3.28. The van der Waals surface area contributed by atoms with Crippen LogP contribution in [0.1, 0.15) is 38.5 Å². The Morgan fingerprint density at radius 3 is 2.13 bits per heavy atom. The zero-order valence-corrected chi connectivity index (χ0v) is 11.1. The first-order chi connectivity index (χ1) is 7.31. The van der Waals surface area contributed by atoms with Crippen molar-refractivity contribution in [1.82, 2.24) is 4.90 Å². The van der Waals surface area contributed by atoms with Gasteiger partial charge in [-0.25, -0.2) is 0 Å². The third-order valence-corrected chi connectivity index (χ3v) is 6.04. The highest BCUT2D eigenvalue weighted by molar-refractivity contribution is 9.09. The third-order valence-electron chi connectivity index (χ3n) is 4.85. The second kappa shape index (κ2) is 4.03. The van der Waals surface area contributed by atoms with E-state index in [1.165, 1.54) is 63.5 Å². The van der Waals surface area contributed by atoms with Gasteiger partial charge in [-0.1, -0.05) is 28.8 Å². The average Bonchev–Trinajstić information content (AvgIpc) is 2.91. The molecule has 0 spiro atoms. The van der Waals surface area contributed by atoms with Crippen molar-refractivity contribution < 1.29 is 0 Å². The number of likely N-dealkylation sites (tertiary alicyclic amines) is 1. The minimum absolute atomic E-state index is 0.688. The number of rotatable bonds is 3. The molecule has 15 heavy (non-hydrogen) atoms. The van der Waals surface area contributed by atoms with E-state index in [9.17, 15) is 0 Å². The summed E-state index contributed by atoms with van der Waals surface area (Å²) in [5, 5.41) is 1.23. The van der Waals surface area contributed by atoms with E-state index in [0.29, 0.717) is 5.41 Å². The minimum Gasteiger partial charge on any atom is -0.302 e. The van der Waals surface area contributed by atoms with Crippen molar-refractivity contribution in [2.75, 3.05) is 25.0 Å². The molecule has 0 aromatic heterocycles. The maximum atomic E-state index is 3.69. The summed E-state index contributed by atoms with van der Waals surface area (Å²) in [6, 6.07) is 0. The molecular formula is C13H22BrN. The Balaban J connectivity index is 1.56. The summed E-state index contributed by atoms with van der Waals surface area (Å²) in [4.78, 5) is 2.77. The van der Waals surface area contributed by atoms with Gasteiger partial charge in [0.2, 0.25) is 0 Å². The monoisotopic (exact) mass is 271 g/mol. The van der Waals surface area contributed by atoms with Crippen LogP contribution in [0.2, 0.25) is 0 Å². The number of nitrogens with zero attached hydrogens (tertiary/aromatic N) is 1. The van der Waals surface area contributed by atoms with E-state index in [-0.39, 0.29) is 0 Å². The summed E-state index contributed by atoms with van der Waals surface area (Å²) in [5.74, 6) is 2.12. The van der Waals surface area contributed by atoms with E-state index in [0.717, 1.165) is 11.8 Å². The van der Waals surface area contributed by atoms with Crippen molar-refractivity contribution in [3.63, 3.8) is 0 Å². The zero-order chi connectivity index (χ0) is 10.3. The first-order valence-corrected chi connectivity index (χ1v) is 7.72. The maximum absolute atomic E-state index is 3.69. The summed E-state index contributed by atoms with van der Waals surface area (Å²) in [7, 11) is 0. The molecule has 3 rings (SSSR count). The number of hydrogen-bond acceptors (Lipinski definition) is 1. The molecule has 0 unspecified atom stereocenters. The largest absolute Gasteiger partial charge is 0.302 e. The van der Waals surface area contributed by atoms with Gasteiger partial charge in [0.15, 0.2) is 0 Å². The highest BCUT2D eigenvalue weighted by Gasteiger charge is 2.45. The Bertz CT molecular complexity index is 223. The second-order valence-corrected chi connectivity index (χ2v) is 6.69. The molecule has 0 aromatic carbocycles. The quantitative estimate of drug-likeness (QED) is 0.713. The van der Waals surface area contributed by atoms with E-state index in [1.807, 2.05) is 0 Å². The normalized spacial score (nSPS) is 39.0. The van der Waals surface area contributed by atoms with E-state index in [1.54, 1.807) is 0 Å². The van der Waals surface area contributed by atoms with Gasteiger partial charge < -0.3 is 4.90 Å². The highest BCUT2D eigenvalue weighted by Crippen LogP contribution is 2.49. The minimum atomic E-state index is 0.688. The van der Waals surface area contributed by atoms with Crippen LogP contribution in [-0.4, -0.2) is 29.9 Å². The van der Waals surface area contributed by atoms with Gasteiger partial charge in [-0.15, -0.1) is 0 Å². The van der Waals surface area contributed by atoms with Gasteiger partial charge in [0.05, 0.1) is 0 Å². The standard InChI is InChI=1S/C13H22BrN/c14-9-13(5-6-13)10-15-7-11-3-1-2-4-12(11)8-15/h11-12H,1-10H2/t11-,12+. The van der Waals surface area contributed by atoms with Gasteiger partial charge in [0, 0.05) is 25.0 Å². The maximum Gasteiger partial charge on any atom is 0.0100 e. The van der Waals surface area contributed by atoms with E-state index >= 15 is 0 Å². The molecule has 2 atom stereocenters. The predicted molar refractivity (Wildman–Crippen MR) is 67.3 cm³/mol. The average molecular weight is 272 g/mol. The molecule has 3 aliphatic rings. The van der Waals surface area contributed by atoms with Crippen molar-refractivity contribution in [1.29, 1.82) is 0 Å². The first kappa shape index (κ1) is 10.6. The topological polar surface area (TPSA) is 3.24 Å². The van der Waals surface area contributed by atoms with Crippen LogP contribution in [0.4, 0.5) is 0 Å². The van der Waals surface area contributed by atoms with Crippen molar-refractivity contribution in [3.05, 3.63) is 0 Å². The third kappa shape index (κ3) is 2.12. The number of fused-ring (bicyclic) bond motifs is 1. The molecule has 86 valence electrons. The molecule has 2 saturated carbocycles. The van der Waals surface area contributed by atoms with Gasteiger partial charge in [-0.05, 0) is 42.9 Å². The van der Waals surface area contributed by atoms with E-state index in [4.69, 9.17) is 0 Å². The Kier molecular flexibility index (Phi) is 2.84. The molecule has 1 nitrogen and oxygen atoms in total. The molecule has 2 aliphatic carbocycles. The lowest BCUT2D eigenvalue weighted by Crippen LogP contribution is -2.29. The fraction of sp³-hybridized carbons (Fsp3) is 1.00. The lowest BCUT2D eigenvalue weighted by molar-refractivity contribution is 0.267. The summed E-state index contributed by atoms with van der Waals surface area (Å²) in [5.41, 5.74) is 0.688. The highest BCUT2D eigenvalue weighted by atomic mass is 79.9. The Labute approximate surface area is 102 Å². The number of hydrogen-bond donors (Lipinski definition) is 0. The molecule has 3 fully saturated rings. The molecule has 1 heterocycles. The van der Waals surface area contributed by atoms with Crippen LogP contribution in [0.25, 0.3) is 0 Å². The molecule has 1 aliphatic heterocycles. The smallest absolute Gasteiger partial charge is 0.0100 e. The summed E-state index contributed by atoms with van der Waals surface area (Å²) < 4.78 is 0. The van der Waals surface area contributed by atoms with Crippen molar-refractivity contribution in [2.45, 2.75) is 38.5 Å². The van der Waals surface area contributed by atoms with Crippen LogP contribution in [0.3, 0.4) is 0 Å². The van der Waals surface area contributed by atoms with E-state index in [2.05, 4.69) is 20.8 Å². The molecule has 0 aromatic rings. The van der Waals surface area contributed by atoms with Crippen molar-refractivity contribution >= 4 is 15.9 Å². The Hall–Kier alpha value is 0.440. The fourth-order valence-electron chi connectivity index (χ4n) is 3.62. The molecule has 0 N–H and O–H groups in total. The van der Waals surface area contributed by atoms with Gasteiger partial charge in [-0.2, -0.15) is 0 Å². The van der Waals surface area contributed by atoms with Crippen molar-refractivity contribution in [2.24, 2.45) is 17.3 Å². The Morgan fingerprint density at radius 1 is 1.07 bits per heavy atom. The van der Waals surface area contributed by atoms with Crippen LogP contribution in [-0.2, 0) is 0 Å². The van der Waals surface area contributed by atoms with Crippen LogP contribution in [0.5, 0.6) is 0 Å².